The first-order chi connectivity index (χ1) is 14.7. The number of nitrogens with one attached hydrogen (secondary N) is 1. The number of imidazole rings is 1. The van der Waals surface area contributed by atoms with E-state index in [2.05, 4.69) is 20.3 Å². The lowest BCUT2D eigenvalue weighted by atomic mass is 10.1. The Morgan fingerprint density at radius 1 is 1.32 bits per heavy atom. The second kappa shape index (κ2) is 8.22. The molecule has 0 bridgehead atoms. The fourth-order valence-corrected chi connectivity index (χ4v) is 3.56. The second-order valence-electron chi connectivity index (χ2n) is 8.96. The predicted octanol–water partition coefficient (Wildman–Crippen LogP) is 3.14. The zero-order chi connectivity index (χ0) is 22.2. The van der Waals surface area contributed by atoms with Crippen LogP contribution in [0.2, 0.25) is 0 Å². The van der Waals surface area contributed by atoms with E-state index >= 15 is 0 Å². The van der Waals surface area contributed by atoms with Crippen LogP contribution in [0.1, 0.15) is 32.4 Å². The third kappa shape index (κ3) is 5.16. The van der Waals surface area contributed by atoms with Crippen LogP contribution in [-0.2, 0) is 6.54 Å². The van der Waals surface area contributed by atoms with Gasteiger partial charge < -0.3 is 24.6 Å². The fraction of sp³-hybridized carbons (Fsp3) is 0.500. The summed E-state index contributed by atoms with van der Waals surface area (Å²) in [6.45, 7) is 6.79. The average molecular weight is 426 g/mol. The maximum absolute atomic E-state index is 10.3. The lowest BCUT2D eigenvalue weighted by molar-refractivity contribution is 0.0581. The quantitative estimate of drug-likeness (QED) is 0.544. The summed E-state index contributed by atoms with van der Waals surface area (Å²) in [7, 11) is 3.67. The second-order valence-corrected chi connectivity index (χ2v) is 8.96. The molecule has 1 saturated carbocycles. The highest BCUT2D eigenvalue weighted by Crippen LogP contribution is 2.32. The lowest BCUT2D eigenvalue weighted by Gasteiger charge is -2.22. The van der Waals surface area contributed by atoms with Crippen molar-refractivity contribution >= 4 is 17.6 Å². The average Bonchev–Trinajstić information content (AvgIpc) is 3.27. The van der Waals surface area contributed by atoms with Gasteiger partial charge in [0.05, 0.1) is 37.0 Å². The van der Waals surface area contributed by atoms with Crippen molar-refractivity contribution in [2.75, 3.05) is 30.9 Å². The molecule has 1 aliphatic carbocycles. The maximum atomic E-state index is 10.3. The first-order valence-electron chi connectivity index (χ1n) is 10.6. The van der Waals surface area contributed by atoms with Crippen LogP contribution in [-0.4, -0.2) is 55.7 Å². The number of hydrogen-bond donors (Lipinski definition) is 2. The van der Waals surface area contributed by atoms with Gasteiger partial charge in [0.15, 0.2) is 0 Å². The molecule has 0 aliphatic heterocycles. The number of ether oxygens (including phenoxy) is 1. The molecule has 3 aromatic rings. The number of nitrogens with zero attached hydrogens (tertiary/aromatic N) is 6. The molecule has 2 N–H and O–H groups in total. The zero-order valence-electron chi connectivity index (χ0n) is 18.8. The van der Waals surface area contributed by atoms with Crippen molar-refractivity contribution in [3.8, 4) is 11.4 Å². The Balaban J connectivity index is 1.59. The molecule has 0 unspecified atom stereocenters. The molecule has 0 atom stereocenters. The third-order valence-electron chi connectivity index (χ3n) is 5.19. The lowest BCUT2D eigenvalue weighted by Crippen LogP contribution is -2.30. The van der Waals surface area contributed by atoms with Crippen molar-refractivity contribution in [2.45, 2.75) is 45.8 Å². The summed E-state index contributed by atoms with van der Waals surface area (Å²) in [5.74, 6) is 2.66. The minimum absolute atomic E-state index is 0.355. The van der Waals surface area contributed by atoms with Crippen LogP contribution in [0.3, 0.4) is 0 Å². The van der Waals surface area contributed by atoms with Gasteiger partial charge in [0.1, 0.15) is 5.75 Å². The summed E-state index contributed by atoms with van der Waals surface area (Å²) in [6.07, 6.45) is 6.24. The molecule has 1 aliphatic rings. The Kier molecular flexibility index (Phi) is 5.62. The Morgan fingerprint density at radius 3 is 2.71 bits per heavy atom. The molecule has 0 spiro atoms. The van der Waals surface area contributed by atoms with Crippen molar-refractivity contribution in [1.29, 1.82) is 0 Å². The van der Waals surface area contributed by atoms with Crippen LogP contribution in [0.25, 0.3) is 5.69 Å². The van der Waals surface area contributed by atoms with E-state index in [1.54, 1.807) is 32.0 Å². The van der Waals surface area contributed by atoms with E-state index in [-0.39, 0.29) is 0 Å². The van der Waals surface area contributed by atoms with Crippen molar-refractivity contribution < 1.29 is 9.84 Å². The van der Waals surface area contributed by atoms with Crippen molar-refractivity contribution in [2.24, 2.45) is 5.92 Å². The van der Waals surface area contributed by atoms with E-state index in [9.17, 15) is 5.11 Å². The van der Waals surface area contributed by atoms with E-state index < -0.39 is 5.60 Å². The highest BCUT2D eigenvalue weighted by Gasteiger charge is 2.27. The van der Waals surface area contributed by atoms with Crippen molar-refractivity contribution in [3.05, 3.63) is 36.4 Å². The van der Waals surface area contributed by atoms with Crippen LogP contribution >= 0.6 is 0 Å². The van der Waals surface area contributed by atoms with Gasteiger partial charge in [-0.1, -0.05) is 0 Å². The van der Waals surface area contributed by atoms with Crippen molar-refractivity contribution in [1.82, 2.24) is 24.3 Å². The SMILES string of the molecule is COc1cc(Nc2nc(N(C)CC3CC3)n(CC(C)(C)O)n2)ccc1-n1cnc(C)c1. The van der Waals surface area contributed by atoms with Crippen molar-refractivity contribution in [3.63, 3.8) is 0 Å². The minimum atomic E-state index is -0.895. The van der Waals surface area contributed by atoms with Gasteiger partial charge in [-0.2, -0.15) is 4.98 Å². The summed E-state index contributed by atoms with van der Waals surface area (Å²) in [5, 5.41) is 18.2. The molecule has 0 amide bonds. The number of methoxy groups -OCH3 is 1. The molecule has 2 heterocycles. The molecule has 166 valence electrons. The Bertz CT molecular complexity index is 1050. The minimum Gasteiger partial charge on any atom is -0.494 e. The number of benzene rings is 1. The van der Waals surface area contributed by atoms with E-state index in [4.69, 9.17) is 9.72 Å². The van der Waals surface area contributed by atoms with Gasteiger partial charge in [-0.3, -0.25) is 0 Å². The molecule has 1 fully saturated rings. The van der Waals surface area contributed by atoms with Gasteiger partial charge in [0.2, 0.25) is 11.9 Å². The Morgan fingerprint density at radius 2 is 2.10 bits per heavy atom. The van der Waals surface area contributed by atoms with Gasteiger partial charge in [-0.15, -0.1) is 5.10 Å². The van der Waals surface area contributed by atoms with Gasteiger partial charge in [0.25, 0.3) is 0 Å². The number of aliphatic hydroxyl groups is 1. The molecular formula is C22H31N7O2. The van der Waals surface area contributed by atoms with E-state index in [0.29, 0.717) is 18.2 Å². The van der Waals surface area contributed by atoms with Gasteiger partial charge >= 0.3 is 0 Å². The monoisotopic (exact) mass is 425 g/mol. The van der Waals surface area contributed by atoms with Crippen LogP contribution in [0.5, 0.6) is 5.75 Å². The van der Waals surface area contributed by atoms with Crippen LogP contribution in [0.4, 0.5) is 17.6 Å². The molecule has 1 aromatic carbocycles. The highest BCUT2D eigenvalue weighted by molar-refractivity contribution is 5.62. The summed E-state index contributed by atoms with van der Waals surface area (Å²) in [6, 6.07) is 5.84. The molecular weight excluding hydrogens is 394 g/mol. The molecule has 4 rings (SSSR count). The Hall–Kier alpha value is -3.07. The summed E-state index contributed by atoms with van der Waals surface area (Å²) in [5.41, 5.74) is 1.76. The molecule has 0 saturated heterocycles. The van der Waals surface area contributed by atoms with E-state index in [1.807, 2.05) is 42.9 Å². The molecule has 2 aromatic heterocycles. The predicted molar refractivity (Wildman–Crippen MR) is 120 cm³/mol. The molecule has 0 radical (unpaired) electrons. The normalized spacial score (nSPS) is 14.0. The number of rotatable bonds is 9. The highest BCUT2D eigenvalue weighted by atomic mass is 16.5. The molecule has 9 heteroatoms. The molecule has 31 heavy (non-hydrogen) atoms. The zero-order valence-corrected chi connectivity index (χ0v) is 18.8. The number of aryl methyl sites for hydroxylation is 1. The van der Waals surface area contributed by atoms with Crippen LogP contribution in [0.15, 0.2) is 30.7 Å². The Labute approximate surface area is 182 Å². The first-order valence-corrected chi connectivity index (χ1v) is 10.6. The molecule has 9 nitrogen and oxygen atoms in total. The summed E-state index contributed by atoms with van der Waals surface area (Å²) >= 11 is 0. The number of hydrogen-bond acceptors (Lipinski definition) is 7. The van der Waals surface area contributed by atoms with E-state index in [1.165, 1.54) is 12.8 Å². The summed E-state index contributed by atoms with van der Waals surface area (Å²) < 4.78 is 9.29. The standard InChI is InChI=1S/C22H31N7O2/c1-15-11-28(14-23-15)18-9-8-17(10-19(18)31-5)24-20-25-21(27(4)12-16-6-7-16)29(26-20)13-22(2,3)30/h8-11,14,16,30H,6-7,12-13H2,1-5H3,(H,24,26). The fourth-order valence-electron chi connectivity index (χ4n) is 3.56. The number of aromatic nitrogens is 5. The maximum Gasteiger partial charge on any atom is 0.248 e. The number of anilines is 3. The van der Waals surface area contributed by atoms with Gasteiger partial charge in [-0.25, -0.2) is 9.67 Å². The van der Waals surface area contributed by atoms with Crippen LogP contribution < -0.4 is 15.0 Å². The van der Waals surface area contributed by atoms with Gasteiger partial charge in [-0.05, 0) is 51.7 Å². The third-order valence-corrected chi connectivity index (χ3v) is 5.19. The largest absolute Gasteiger partial charge is 0.494 e. The summed E-state index contributed by atoms with van der Waals surface area (Å²) in [4.78, 5) is 11.1. The first kappa shape index (κ1) is 21.2. The smallest absolute Gasteiger partial charge is 0.248 e. The van der Waals surface area contributed by atoms with Gasteiger partial charge in [0, 0.05) is 31.5 Å². The van der Waals surface area contributed by atoms with Crippen LogP contribution in [0, 0.1) is 12.8 Å². The van der Waals surface area contributed by atoms with E-state index in [0.717, 1.165) is 35.5 Å². The topological polar surface area (TPSA) is 93.3 Å².